The maximum atomic E-state index is 12.7. The molecule has 1 aromatic carbocycles. The van der Waals surface area contributed by atoms with E-state index in [-0.39, 0.29) is 11.6 Å². The highest BCUT2D eigenvalue weighted by atomic mass is 16.1. The van der Waals surface area contributed by atoms with Gasteiger partial charge in [0.1, 0.15) is 0 Å². The molecule has 0 atom stereocenters. The highest BCUT2D eigenvalue weighted by Crippen LogP contribution is 2.24. The van der Waals surface area contributed by atoms with Crippen molar-refractivity contribution >= 4 is 11.6 Å². The van der Waals surface area contributed by atoms with Crippen molar-refractivity contribution in [1.29, 1.82) is 0 Å². The zero-order valence-corrected chi connectivity index (χ0v) is 16.3. The zero-order chi connectivity index (χ0) is 19.3. The lowest BCUT2D eigenvalue weighted by Crippen LogP contribution is -2.30. The molecule has 0 saturated heterocycles. The van der Waals surface area contributed by atoms with E-state index in [1.807, 2.05) is 0 Å². The highest BCUT2D eigenvalue weighted by Gasteiger charge is 2.29. The van der Waals surface area contributed by atoms with Crippen molar-refractivity contribution in [2.45, 2.75) is 27.7 Å². The number of allylic oxidation sites excluding steroid dienone is 3. The molecule has 0 heterocycles. The molecule has 4 heteroatoms. The summed E-state index contributed by atoms with van der Waals surface area (Å²) >= 11 is 0. The number of carbonyl (C=O) groups is 2. The quantitative estimate of drug-likeness (QED) is 0.759. The average Bonchev–Trinajstić information content (AvgIpc) is 2.61. The Labute approximate surface area is 156 Å². The summed E-state index contributed by atoms with van der Waals surface area (Å²) < 4.78 is 0. The van der Waals surface area contributed by atoms with E-state index in [0.717, 1.165) is 13.1 Å². The van der Waals surface area contributed by atoms with Gasteiger partial charge in [-0.25, -0.2) is 0 Å². The third kappa shape index (κ3) is 4.79. The maximum Gasteiger partial charge on any atom is 0.209 e. The Kier molecular flexibility index (Phi) is 6.70. The lowest BCUT2D eigenvalue weighted by Gasteiger charge is -2.20. The van der Waals surface area contributed by atoms with Crippen molar-refractivity contribution in [2.24, 2.45) is 0 Å². The van der Waals surface area contributed by atoms with Gasteiger partial charge in [0.2, 0.25) is 5.78 Å². The molecule has 1 N–H and O–H groups in total. The van der Waals surface area contributed by atoms with Crippen LogP contribution in [0.5, 0.6) is 0 Å². The molecule has 26 heavy (non-hydrogen) atoms. The maximum absolute atomic E-state index is 12.7. The fourth-order valence-corrected chi connectivity index (χ4v) is 2.93. The molecule has 0 amide bonds. The zero-order valence-electron chi connectivity index (χ0n) is 16.3. The van der Waals surface area contributed by atoms with Gasteiger partial charge in [-0.1, -0.05) is 47.6 Å². The number of rotatable bonds is 7. The highest BCUT2D eigenvalue weighted by molar-refractivity contribution is 6.26. The lowest BCUT2D eigenvalue weighted by molar-refractivity contribution is 0.0969. The predicted octanol–water partition coefficient (Wildman–Crippen LogP) is 3.77. The molecule has 1 aliphatic carbocycles. The van der Waals surface area contributed by atoms with Crippen molar-refractivity contribution < 1.29 is 9.59 Å². The van der Waals surface area contributed by atoms with Crippen LogP contribution >= 0.6 is 0 Å². The van der Waals surface area contributed by atoms with Crippen LogP contribution in [0.3, 0.4) is 0 Å². The van der Waals surface area contributed by atoms with Gasteiger partial charge in [0.25, 0.3) is 0 Å². The Bertz CT molecular complexity index is 796. The Morgan fingerprint density at radius 3 is 2.27 bits per heavy atom. The molecule has 0 unspecified atom stereocenters. The first-order chi connectivity index (χ1) is 12.3. The largest absolute Gasteiger partial charge is 0.378 e. The lowest BCUT2D eigenvalue weighted by atomic mass is 9.88. The fraction of sp³-hybridized carbons (Fsp3) is 0.364. The van der Waals surface area contributed by atoms with Crippen LogP contribution in [0.2, 0.25) is 0 Å². The summed E-state index contributed by atoms with van der Waals surface area (Å²) in [6.45, 7) is 10.3. The van der Waals surface area contributed by atoms with E-state index >= 15 is 0 Å². The number of likely N-dealkylation sites (N-methyl/N-ethyl adjacent to an activating group) is 1. The Hall–Kier alpha value is -2.46. The average molecular weight is 352 g/mol. The van der Waals surface area contributed by atoms with Crippen LogP contribution in [0, 0.1) is 0 Å². The van der Waals surface area contributed by atoms with Crippen LogP contribution in [-0.2, 0) is 0 Å². The molecule has 1 aromatic rings. The Morgan fingerprint density at radius 1 is 1.04 bits per heavy atom. The van der Waals surface area contributed by atoms with Gasteiger partial charge < -0.3 is 5.32 Å². The number of nitrogens with one attached hydrogen (secondary N) is 1. The summed E-state index contributed by atoms with van der Waals surface area (Å²) in [5.74, 6) is -0.186. The van der Waals surface area contributed by atoms with Gasteiger partial charge in [0.15, 0.2) is 5.78 Å². The molecule has 0 aromatic heterocycles. The van der Waals surface area contributed by atoms with Crippen molar-refractivity contribution in [3.8, 4) is 0 Å². The van der Waals surface area contributed by atoms with Crippen LogP contribution in [0.4, 0.5) is 0 Å². The fourth-order valence-electron chi connectivity index (χ4n) is 2.93. The minimum absolute atomic E-state index is 0.0788. The van der Waals surface area contributed by atoms with Gasteiger partial charge in [0, 0.05) is 36.3 Å². The SMILES string of the molecule is CC(C)=CCN(C)C/C(C)=C/CNC1=C(C)C(=O)c2ccccc2C1=O. The Balaban J connectivity index is 2.01. The molecular formula is C22H28N2O2. The smallest absolute Gasteiger partial charge is 0.209 e. The molecule has 138 valence electrons. The standard InChI is InChI=1S/C22H28N2O2/c1-15(2)11-13-24(5)14-16(3)10-12-23-20-17(4)21(25)18-8-6-7-9-19(18)22(20)26/h6-11,23H,12-14H2,1-5H3/b16-10+. The molecule has 4 nitrogen and oxygen atoms in total. The van der Waals surface area contributed by atoms with E-state index in [1.165, 1.54) is 11.1 Å². The molecule has 1 aliphatic rings. The first-order valence-electron chi connectivity index (χ1n) is 8.92. The minimum Gasteiger partial charge on any atom is -0.378 e. The van der Waals surface area contributed by atoms with Crippen molar-refractivity contribution in [2.75, 3.05) is 26.7 Å². The molecule has 0 aliphatic heterocycles. The molecule has 0 bridgehead atoms. The normalized spacial score (nSPS) is 14.6. The second-order valence-electron chi connectivity index (χ2n) is 7.11. The summed E-state index contributed by atoms with van der Waals surface area (Å²) in [5.41, 5.74) is 4.40. The van der Waals surface area contributed by atoms with Gasteiger partial charge in [-0.05, 0) is 34.7 Å². The number of hydrogen-bond acceptors (Lipinski definition) is 4. The van der Waals surface area contributed by atoms with E-state index in [2.05, 4.69) is 50.2 Å². The number of nitrogens with zero attached hydrogens (tertiary/aromatic N) is 1. The molecule has 0 spiro atoms. The van der Waals surface area contributed by atoms with E-state index < -0.39 is 0 Å². The monoisotopic (exact) mass is 352 g/mol. The van der Waals surface area contributed by atoms with Crippen molar-refractivity contribution in [3.63, 3.8) is 0 Å². The van der Waals surface area contributed by atoms with Crippen LogP contribution in [0.1, 0.15) is 48.4 Å². The van der Waals surface area contributed by atoms with E-state index in [0.29, 0.717) is 28.9 Å². The predicted molar refractivity (Wildman–Crippen MR) is 106 cm³/mol. The number of ketones is 2. The number of fused-ring (bicyclic) bond motifs is 1. The van der Waals surface area contributed by atoms with Crippen LogP contribution in [-0.4, -0.2) is 43.1 Å². The summed E-state index contributed by atoms with van der Waals surface area (Å²) in [6, 6.07) is 6.99. The second kappa shape index (κ2) is 8.77. The number of Topliss-reactive ketones (excluding diaryl/α,β-unsaturated/α-hetero) is 2. The summed E-state index contributed by atoms with van der Waals surface area (Å²) in [6.07, 6.45) is 4.26. The molecule has 0 fully saturated rings. The Morgan fingerprint density at radius 2 is 1.65 bits per heavy atom. The second-order valence-corrected chi connectivity index (χ2v) is 7.11. The number of hydrogen-bond donors (Lipinski definition) is 1. The molecule has 0 radical (unpaired) electrons. The van der Waals surface area contributed by atoms with Crippen molar-refractivity contribution in [3.05, 3.63) is 70.0 Å². The van der Waals surface area contributed by atoms with Gasteiger partial charge in [-0.15, -0.1) is 0 Å². The minimum atomic E-state index is -0.107. The van der Waals surface area contributed by atoms with Gasteiger partial charge in [-0.3, -0.25) is 14.5 Å². The number of benzene rings is 1. The third-order valence-corrected chi connectivity index (χ3v) is 4.42. The van der Waals surface area contributed by atoms with Crippen molar-refractivity contribution in [1.82, 2.24) is 10.2 Å². The van der Waals surface area contributed by atoms with Crippen LogP contribution in [0.25, 0.3) is 0 Å². The first-order valence-corrected chi connectivity index (χ1v) is 8.92. The van der Waals surface area contributed by atoms with E-state index in [4.69, 9.17) is 0 Å². The molecule has 0 saturated carbocycles. The van der Waals surface area contributed by atoms with E-state index in [9.17, 15) is 9.59 Å². The van der Waals surface area contributed by atoms with Gasteiger partial charge in [-0.2, -0.15) is 0 Å². The third-order valence-electron chi connectivity index (χ3n) is 4.42. The van der Waals surface area contributed by atoms with Crippen LogP contribution < -0.4 is 5.32 Å². The van der Waals surface area contributed by atoms with Crippen LogP contribution in [0.15, 0.2) is 58.8 Å². The molecule has 2 rings (SSSR count). The topological polar surface area (TPSA) is 49.4 Å². The summed E-state index contributed by atoms with van der Waals surface area (Å²) in [5, 5.41) is 3.15. The summed E-state index contributed by atoms with van der Waals surface area (Å²) in [4.78, 5) is 27.4. The van der Waals surface area contributed by atoms with Gasteiger partial charge in [0.05, 0.1) is 5.70 Å². The first kappa shape index (κ1) is 19.9. The molecular weight excluding hydrogens is 324 g/mol. The van der Waals surface area contributed by atoms with Gasteiger partial charge >= 0.3 is 0 Å². The summed E-state index contributed by atoms with van der Waals surface area (Å²) in [7, 11) is 2.08. The number of carbonyl (C=O) groups excluding carboxylic acids is 2. The van der Waals surface area contributed by atoms with E-state index in [1.54, 1.807) is 31.2 Å².